The number of fused-ring (bicyclic) bond motifs is 6. The fourth-order valence-corrected chi connectivity index (χ4v) is 4.20. The molecule has 0 saturated heterocycles. The van der Waals surface area contributed by atoms with E-state index < -0.39 is 17.0 Å². The molecule has 2 aliphatic rings. The largest absolute Gasteiger partial charge is 0.492 e. The normalized spacial score (nSPS) is 20.2. The maximum atomic E-state index is 14.7. The Bertz CT molecular complexity index is 979. The van der Waals surface area contributed by atoms with Gasteiger partial charge in [-0.3, -0.25) is 0 Å². The topological polar surface area (TPSA) is 9.23 Å². The molecule has 24 heavy (non-hydrogen) atoms. The van der Waals surface area contributed by atoms with Gasteiger partial charge in [0.15, 0.2) is 0 Å². The van der Waals surface area contributed by atoms with Crippen molar-refractivity contribution in [2.45, 2.75) is 11.8 Å². The highest BCUT2D eigenvalue weighted by atomic mass is 19.1. The molecule has 0 N–H and O–H groups in total. The Morgan fingerprint density at radius 2 is 1.67 bits per heavy atom. The van der Waals surface area contributed by atoms with Gasteiger partial charge in [0.05, 0.1) is 5.41 Å². The summed E-state index contributed by atoms with van der Waals surface area (Å²) in [6.45, 7) is 0.399. The Morgan fingerprint density at radius 3 is 2.58 bits per heavy atom. The molecule has 3 heteroatoms. The molecule has 1 spiro atoms. The Balaban J connectivity index is 1.89. The predicted octanol–water partition coefficient (Wildman–Crippen LogP) is 4.87. The number of rotatable bonds is 0. The highest BCUT2D eigenvalue weighted by Crippen LogP contribution is 2.52. The van der Waals surface area contributed by atoms with Crippen molar-refractivity contribution in [1.29, 1.82) is 0 Å². The molecule has 1 unspecified atom stereocenters. The second-order valence-corrected chi connectivity index (χ2v) is 6.51. The molecule has 3 aromatic rings. The molecule has 1 aliphatic heterocycles. The van der Waals surface area contributed by atoms with Gasteiger partial charge in [-0.15, -0.1) is 0 Å². The van der Waals surface area contributed by atoms with Gasteiger partial charge in [0.2, 0.25) is 0 Å². The van der Waals surface area contributed by atoms with Crippen LogP contribution in [0.25, 0.3) is 11.1 Å². The van der Waals surface area contributed by atoms with Crippen molar-refractivity contribution < 1.29 is 13.5 Å². The van der Waals surface area contributed by atoms with Crippen LogP contribution in [0.3, 0.4) is 0 Å². The fraction of sp³-hybridized carbons (Fsp3) is 0.143. The van der Waals surface area contributed by atoms with Gasteiger partial charge in [0, 0.05) is 17.2 Å². The lowest BCUT2D eigenvalue weighted by molar-refractivity contribution is 0.288. The number of para-hydroxylation sites is 1. The van der Waals surface area contributed by atoms with Crippen molar-refractivity contribution in [3.8, 4) is 16.9 Å². The first-order chi connectivity index (χ1) is 11.7. The quantitative estimate of drug-likeness (QED) is 0.574. The molecule has 5 rings (SSSR count). The molecule has 0 saturated carbocycles. The minimum atomic E-state index is -0.547. The molecule has 0 radical (unpaired) electrons. The fourth-order valence-electron chi connectivity index (χ4n) is 4.20. The third kappa shape index (κ3) is 1.67. The van der Waals surface area contributed by atoms with E-state index in [9.17, 15) is 8.78 Å². The van der Waals surface area contributed by atoms with Crippen LogP contribution in [-0.4, -0.2) is 6.61 Å². The van der Waals surface area contributed by atoms with Gasteiger partial charge < -0.3 is 4.74 Å². The first-order valence-corrected chi connectivity index (χ1v) is 7.99. The summed E-state index contributed by atoms with van der Waals surface area (Å²) in [6, 6.07) is 18.0. The third-order valence-corrected chi connectivity index (χ3v) is 5.23. The molecule has 3 aromatic carbocycles. The van der Waals surface area contributed by atoms with Crippen LogP contribution >= 0.6 is 0 Å². The molecule has 1 aliphatic carbocycles. The number of benzene rings is 3. The van der Waals surface area contributed by atoms with Crippen molar-refractivity contribution in [3.05, 3.63) is 89.0 Å². The Kier molecular flexibility index (Phi) is 2.67. The highest BCUT2D eigenvalue weighted by molar-refractivity contribution is 5.78. The first kappa shape index (κ1) is 13.7. The standard InChI is InChI=1S/C21H14F2O/c22-14-9-17-20(18(23)10-14)15-6-2-1-5-13(15)11-21(17)12-24-19-8-4-3-7-16(19)21/h1-10H,11-12H2. The maximum Gasteiger partial charge on any atom is 0.134 e. The predicted molar refractivity (Wildman–Crippen MR) is 88.2 cm³/mol. The van der Waals surface area contributed by atoms with E-state index in [0.717, 1.165) is 28.5 Å². The minimum Gasteiger partial charge on any atom is -0.492 e. The van der Waals surface area contributed by atoms with Gasteiger partial charge in [-0.05, 0) is 35.2 Å². The SMILES string of the molecule is Fc1cc(F)c2c(c1)C1(COc3ccccc31)Cc1ccccc1-2. The lowest BCUT2D eigenvalue weighted by Gasteiger charge is -2.36. The van der Waals surface area contributed by atoms with Gasteiger partial charge in [-0.1, -0.05) is 42.5 Å². The van der Waals surface area contributed by atoms with Gasteiger partial charge >= 0.3 is 0 Å². The number of hydrogen-bond donors (Lipinski definition) is 0. The van der Waals surface area contributed by atoms with Gasteiger partial charge in [0.25, 0.3) is 0 Å². The maximum absolute atomic E-state index is 14.7. The Morgan fingerprint density at radius 1 is 0.875 bits per heavy atom. The molecule has 1 heterocycles. The van der Waals surface area contributed by atoms with Crippen molar-refractivity contribution in [1.82, 2.24) is 0 Å². The van der Waals surface area contributed by atoms with Crippen molar-refractivity contribution >= 4 is 0 Å². The lowest BCUT2D eigenvalue weighted by atomic mass is 9.65. The molecule has 1 nitrogen and oxygen atoms in total. The van der Waals surface area contributed by atoms with Crippen LogP contribution < -0.4 is 4.74 Å². The zero-order valence-corrected chi connectivity index (χ0v) is 12.9. The van der Waals surface area contributed by atoms with E-state index in [1.165, 1.54) is 6.07 Å². The zero-order chi connectivity index (χ0) is 16.3. The number of ether oxygens (including phenoxy) is 1. The van der Waals surface area contributed by atoms with Crippen molar-refractivity contribution in [3.63, 3.8) is 0 Å². The molecule has 0 fully saturated rings. The summed E-state index contributed by atoms with van der Waals surface area (Å²) in [5.41, 5.74) is 3.56. The summed E-state index contributed by atoms with van der Waals surface area (Å²) < 4.78 is 34.7. The van der Waals surface area contributed by atoms with E-state index >= 15 is 0 Å². The molecular weight excluding hydrogens is 306 g/mol. The van der Waals surface area contributed by atoms with Gasteiger partial charge in [-0.25, -0.2) is 8.78 Å². The van der Waals surface area contributed by atoms with Crippen LogP contribution in [0, 0.1) is 11.6 Å². The summed E-state index contributed by atoms with van der Waals surface area (Å²) >= 11 is 0. The number of hydrogen-bond acceptors (Lipinski definition) is 1. The van der Waals surface area contributed by atoms with Crippen LogP contribution in [0.1, 0.15) is 16.7 Å². The van der Waals surface area contributed by atoms with Crippen LogP contribution in [0.2, 0.25) is 0 Å². The zero-order valence-electron chi connectivity index (χ0n) is 12.9. The van der Waals surface area contributed by atoms with E-state index in [1.54, 1.807) is 0 Å². The molecule has 1 atom stereocenters. The van der Waals surface area contributed by atoms with Crippen molar-refractivity contribution in [2.24, 2.45) is 0 Å². The Labute approximate surface area is 138 Å². The molecular formula is C21H14F2O. The van der Waals surface area contributed by atoms with E-state index in [0.29, 0.717) is 24.2 Å². The van der Waals surface area contributed by atoms with Gasteiger partial charge in [-0.2, -0.15) is 0 Å². The third-order valence-electron chi connectivity index (χ3n) is 5.23. The Hall–Kier alpha value is -2.68. The second kappa shape index (κ2) is 4.67. The molecule has 0 aromatic heterocycles. The van der Waals surface area contributed by atoms with E-state index in [4.69, 9.17) is 4.74 Å². The monoisotopic (exact) mass is 320 g/mol. The number of halogens is 2. The highest BCUT2D eigenvalue weighted by Gasteiger charge is 2.47. The summed E-state index contributed by atoms with van der Waals surface area (Å²) in [6.07, 6.45) is 0.677. The van der Waals surface area contributed by atoms with Crippen LogP contribution in [-0.2, 0) is 11.8 Å². The summed E-state index contributed by atoms with van der Waals surface area (Å²) in [7, 11) is 0. The summed E-state index contributed by atoms with van der Waals surface area (Å²) in [5, 5.41) is 0. The molecule has 0 bridgehead atoms. The van der Waals surface area contributed by atoms with E-state index in [-0.39, 0.29) is 0 Å². The summed E-state index contributed by atoms with van der Waals surface area (Å²) in [4.78, 5) is 0. The average Bonchev–Trinajstić information content (AvgIpc) is 2.95. The lowest BCUT2D eigenvalue weighted by Crippen LogP contribution is -2.36. The summed E-state index contributed by atoms with van der Waals surface area (Å²) in [5.74, 6) is -0.261. The minimum absolute atomic E-state index is 0.399. The van der Waals surface area contributed by atoms with Crippen LogP contribution in [0.15, 0.2) is 60.7 Å². The van der Waals surface area contributed by atoms with E-state index in [1.807, 2.05) is 48.5 Å². The van der Waals surface area contributed by atoms with Crippen molar-refractivity contribution in [2.75, 3.05) is 6.61 Å². The molecule has 118 valence electrons. The smallest absolute Gasteiger partial charge is 0.134 e. The van der Waals surface area contributed by atoms with E-state index in [2.05, 4.69) is 0 Å². The first-order valence-electron chi connectivity index (χ1n) is 7.99. The van der Waals surface area contributed by atoms with Crippen LogP contribution in [0.5, 0.6) is 5.75 Å². The average molecular weight is 320 g/mol. The van der Waals surface area contributed by atoms with Crippen LogP contribution in [0.4, 0.5) is 8.78 Å². The second-order valence-electron chi connectivity index (χ2n) is 6.51. The molecule has 0 amide bonds. The van der Waals surface area contributed by atoms with Gasteiger partial charge in [0.1, 0.15) is 24.0 Å².